The van der Waals surface area contributed by atoms with E-state index in [4.69, 9.17) is 4.99 Å². The lowest BCUT2D eigenvalue weighted by Gasteiger charge is -2.23. The van der Waals surface area contributed by atoms with E-state index in [2.05, 4.69) is 59.9 Å². The minimum Gasteiger partial charge on any atom is -0.381 e. The second-order valence-corrected chi connectivity index (χ2v) is 5.99. The highest BCUT2D eigenvalue weighted by Gasteiger charge is 2.13. The van der Waals surface area contributed by atoms with Crippen molar-refractivity contribution in [3.05, 3.63) is 71.6 Å². The Balaban J connectivity index is 1.82. The molecule has 0 saturated heterocycles. The van der Waals surface area contributed by atoms with Gasteiger partial charge < -0.3 is 5.32 Å². The maximum atomic E-state index is 4.82. The van der Waals surface area contributed by atoms with Crippen molar-refractivity contribution in [2.45, 2.75) is 44.7 Å². The summed E-state index contributed by atoms with van der Waals surface area (Å²) in [6.07, 6.45) is 6.61. The van der Waals surface area contributed by atoms with Gasteiger partial charge in [0, 0.05) is 6.04 Å². The van der Waals surface area contributed by atoms with Crippen LogP contribution in [0.3, 0.4) is 0 Å². The second-order valence-electron chi connectivity index (χ2n) is 5.99. The average Bonchev–Trinajstić information content (AvgIpc) is 2.80. The van der Waals surface area contributed by atoms with Crippen LogP contribution in [0.5, 0.6) is 0 Å². The third-order valence-electron chi connectivity index (χ3n) is 4.25. The van der Waals surface area contributed by atoms with E-state index in [1.807, 2.05) is 6.07 Å². The van der Waals surface area contributed by atoms with Crippen molar-refractivity contribution in [3.8, 4) is 0 Å². The Bertz CT molecular complexity index is 643. The molecule has 0 bridgehead atoms. The van der Waals surface area contributed by atoms with Crippen molar-refractivity contribution in [2.24, 2.45) is 4.99 Å². The van der Waals surface area contributed by atoms with Crippen molar-refractivity contribution >= 4 is 5.69 Å². The molecule has 0 heterocycles. The molecule has 0 aliphatic heterocycles. The Hall–Kier alpha value is -2.09. The first-order chi connectivity index (χ1) is 10.9. The van der Waals surface area contributed by atoms with E-state index in [1.165, 1.54) is 37.7 Å². The lowest BCUT2D eigenvalue weighted by molar-refractivity contribution is 0.462. The third kappa shape index (κ3) is 4.20. The first kappa shape index (κ1) is 14.8. The molecule has 2 aromatic carbocycles. The monoisotopic (exact) mass is 292 g/mol. The van der Waals surface area contributed by atoms with Gasteiger partial charge in [-0.25, -0.2) is 0 Å². The van der Waals surface area contributed by atoms with Gasteiger partial charge in [-0.15, -0.1) is 0 Å². The van der Waals surface area contributed by atoms with Gasteiger partial charge in [-0.2, -0.15) is 0 Å². The lowest BCUT2D eigenvalue weighted by atomic mass is 9.95. The maximum Gasteiger partial charge on any atom is 0.0809 e. The topological polar surface area (TPSA) is 24.4 Å². The van der Waals surface area contributed by atoms with E-state index in [0.29, 0.717) is 6.04 Å². The molecule has 2 heteroatoms. The summed E-state index contributed by atoms with van der Waals surface area (Å²) in [4.78, 5) is 4.82. The zero-order valence-corrected chi connectivity index (χ0v) is 13.0. The average molecular weight is 292 g/mol. The molecule has 1 aliphatic carbocycles. The Morgan fingerprint density at radius 3 is 2.27 bits per heavy atom. The smallest absolute Gasteiger partial charge is 0.0809 e. The molecule has 0 aromatic heterocycles. The molecule has 1 fully saturated rings. The van der Waals surface area contributed by atoms with Crippen LogP contribution in [0.25, 0.3) is 0 Å². The quantitative estimate of drug-likeness (QED) is 0.879. The van der Waals surface area contributed by atoms with Crippen LogP contribution in [-0.4, -0.2) is 6.04 Å². The normalized spacial score (nSPS) is 16.5. The molecule has 22 heavy (non-hydrogen) atoms. The Morgan fingerprint density at radius 1 is 0.818 bits per heavy atom. The molecule has 3 rings (SSSR count). The molecular formula is C20H24N2. The Morgan fingerprint density at radius 2 is 1.50 bits per heavy atom. The largest absolute Gasteiger partial charge is 0.381 e. The van der Waals surface area contributed by atoms with Gasteiger partial charge in [0.2, 0.25) is 0 Å². The molecule has 0 atom stereocenters. The van der Waals surface area contributed by atoms with Crippen molar-refractivity contribution < 1.29 is 0 Å². The van der Waals surface area contributed by atoms with Crippen LogP contribution >= 0.6 is 0 Å². The van der Waals surface area contributed by atoms with Crippen LogP contribution < -0.4 is 10.7 Å². The van der Waals surface area contributed by atoms with Crippen LogP contribution in [0.2, 0.25) is 0 Å². The highest BCUT2D eigenvalue weighted by molar-refractivity contribution is 5.42. The number of hydrogen-bond acceptors (Lipinski definition) is 2. The summed E-state index contributed by atoms with van der Waals surface area (Å²) in [6, 6.07) is 21.5. The van der Waals surface area contributed by atoms with Gasteiger partial charge in [0.25, 0.3) is 0 Å². The molecule has 2 aromatic rings. The minimum absolute atomic E-state index is 0.599. The van der Waals surface area contributed by atoms with Crippen LogP contribution in [0.4, 0.5) is 5.69 Å². The summed E-state index contributed by atoms with van der Waals surface area (Å²) < 4.78 is 0. The van der Waals surface area contributed by atoms with E-state index < -0.39 is 0 Å². The van der Waals surface area contributed by atoms with Crippen molar-refractivity contribution in [1.29, 1.82) is 0 Å². The first-order valence-electron chi connectivity index (χ1n) is 8.32. The second kappa shape index (κ2) is 7.79. The molecule has 114 valence electrons. The molecule has 0 unspecified atom stereocenters. The molecule has 0 spiro atoms. The van der Waals surface area contributed by atoms with Gasteiger partial charge in [-0.3, -0.25) is 4.99 Å². The highest BCUT2D eigenvalue weighted by atomic mass is 14.9. The zero-order chi connectivity index (χ0) is 15.0. The Kier molecular flexibility index (Phi) is 5.25. The highest BCUT2D eigenvalue weighted by Crippen LogP contribution is 2.20. The standard InChI is InChI=1S/C20H24N2/c1-4-10-17(11-5-1)16-21-19-14-8-3-9-15-20(19)22-18-12-6-2-7-13-18/h1,3-5,8-11,14-15,18H,2,6-7,12-13,16H2,(H,21,22). The first-order valence-corrected chi connectivity index (χ1v) is 8.32. The zero-order valence-electron chi connectivity index (χ0n) is 13.0. The molecule has 0 amide bonds. The molecule has 1 N–H and O–H groups in total. The SMILES string of the molecule is c1ccc(CN=c2cccccc2NC2CCCCC2)cc1. The van der Waals surface area contributed by atoms with Gasteiger partial charge in [-0.05, 0) is 30.5 Å². The molecule has 1 saturated carbocycles. The fraction of sp³-hybridized carbons (Fsp3) is 0.350. The van der Waals surface area contributed by atoms with Crippen LogP contribution in [-0.2, 0) is 6.54 Å². The van der Waals surface area contributed by atoms with Crippen molar-refractivity contribution in [2.75, 3.05) is 5.32 Å². The minimum atomic E-state index is 0.599. The predicted octanol–water partition coefficient (Wildman–Crippen LogP) is 4.53. The van der Waals surface area contributed by atoms with Crippen LogP contribution in [0.15, 0.2) is 65.7 Å². The van der Waals surface area contributed by atoms with E-state index in [9.17, 15) is 0 Å². The van der Waals surface area contributed by atoms with E-state index in [-0.39, 0.29) is 0 Å². The summed E-state index contributed by atoms with van der Waals surface area (Å²) in [5.74, 6) is 0. The number of anilines is 1. The molecular weight excluding hydrogens is 268 g/mol. The van der Waals surface area contributed by atoms with Gasteiger partial charge in [0.15, 0.2) is 0 Å². The van der Waals surface area contributed by atoms with E-state index in [0.717, 1.165) is 17.6 Å². The van der Waals surface area contributed by atoms with Gasteiger partial charge >= 0.3 is 0 Å². The van der Waals surface area contributed by atoms with Crippen LogP contribution in [0, 0.1) is 0 Å². The number of hydrogen-bond donors (Lipinski definition) is 1. The summed E-state index contributed by atoms with van der Waals surface area (Å²) in [6.45, 7) is 0.726. The summed E-state index contributed by atoms with van der Waals surface area (Å²) >= 11 is 0. The van der Waals surface area contributed by atoms with Crippen LogP contribution in [0.1, 0.15) is 37.7 Å². The molecule has 1 aliphatic rings. The molecule has 2 nitrogen and oxygen atoms in total. The predicted molar refractivity (Wildman–Crippen MR) is 92.6 cm³/mol. The van der Waals surface area contributed by atoms with Crippen molar-refractivity contribution in [1.82, 2.24) is 0 Å². The Labute approximate surface area is 132 Å². The van der Waals surface area contributed by atoms with Gasteiger partial charge in [-0.1, -0.05) is 67.8 Å². The maximum absolute atomic E-state index is 4.82. The van der Waals surface area contributed by atoms with E-state index >= 15 is 0 Å². The number of nitrogens with zero attached hydrogens (tertiary/aromatic N) is 1. The van der Waals surface area contributed by atoms with Crippen molar-refractivity contribution in [3.63, 3.8) is 0 Å². The number of nitrogens with one attached hydrogen (secondary N) is 1. The lowest BCUT2D eigenvalue weighted by Crippen LogP contribution is -2.25. The summed E-state index contributed by atoms with van der Waals surface area (Å²) in [5, 5.41) is 4.77. The number of rotatable bonds is 4. The van der Waals surface area contributed by atoms with Gasteiger partial charge in [0.1, 0.15) is 0 Å². The van der Waals surface area contributed by atoms with Gasteiger partial charge in [0.05, 0.1) is 17.6 Å². The number of benzene rings is 1. The molecule has 0 radical (unpaired) electrons. The summed E-state index contributed by atoms with van der Waals surface area (Å²) in [7, 11) is 0. The fourth-order valence-electron chi connectivity index (χ4n) is 3.02. The third-order valence-corrected chi connectivity index (χ3v) is 4.25. The van der Waals surface area contributed by atoms with E-state index in [1.54, 1.807) is 0 Å². The summed E-state index contributed by atoms with van der Waals surface area (Å²) in [5.41, 5.74) is 2.41. The fourth-order valence-corrected chi connectivity index (χ4v) is 3.02.